The number of rotatable bonds is 7. The molecule has 8 heteroatoms. The van der Waals surface area contributed by atoms with Crippen LogP contribution in [0, 0.1) is 0 Å². The van der Waals surface area contributed by atoms with E-state index in [0.717, 1.165) is 0 Å². The van der Waals surface area contributed by atoms with E-state index >= 15 is 0 Å². The topological polar surface area (TPSA) is 98.9 Å². The Morgan fingerprint density at radius 1 is 1.38 bits per heavy atom. The number of methoxy groups -OCH3 is 1. The molecule has 0 radical (unpaired) electrons. The van der Waals surface area contributed by atoms with Crippen molar-refractivity contribution in [3.8, 4) is 5.75 Å². The number of sulfonamides is 1. The maximum absolute atomic E-state index is 12.2. The summed E-state index contributed by atoms with van der Waals surface area (Å²) in [4.78, 5) is 13.4. The number of nitrogens with two attached hydrogens (primary N) is 1. The lowest BCUT2D eigenvalue weighted by Crippen LogP contribution is -2.30. The highest BCUT2D eigenvalue weighted by Gasteiger charge is 2.19. The second-order valence-corrected chi connectivity index (χ2v) is 5.86. The van der Waals surface area contributed by atoms with Gasteiger partial charge in [-0.15, -0.1) is 0 Å². The number of hydrogen-bond acceptors (Lipinski definition) is 5. The van der Waals surface area contributed by atoms with Gasteiger partial charge in [-0.2, -0.15) is 0 Å². The smallest absolute Gasteiger partial charge is 0.253 e. The molecule has 0 aliphatic carbocycles. The molecule has 1 aromatic rings. The second-order valence-electron chi connectivity index (χ2n) is 4.33. The number of benzene rings is 1. The van der Waals surface area contributed by atoms with E-state index in [4.69, 9.17) is 14.6 Å². The van der Waals surface area contributed by atoms with Gasteiger partial charge in [0.25, 0.3) is 5.91 Å². The van der Waals surface area contributed by atoms with Crippen LogP contribution in [0.3, 0.4) is 0 Å². The fourth-order valence-corrected chi connectivity index (χ4v) is 2.42. The molecule has 1 amide bonds. The molecule has 0 heterocycles. The van der Waals surface area contributed by atoms with Gasteiger partial charge in [0.15, 0.2) is 0 Å². The highest BCUT2D eigenvalue weighted by atomic mass is 32.2. The zero-order valence-electron chi connectivity index (χ0n) is 12.3. The van der Waals surface area contributed by atoms with Crippen LogP contribution in [0.4, 0.5) is 0 Å². The molecule has 7 nitrogen and oxygen atoms in total. The van der Waals surface area contributed by atoms with E-state index in [9.17, 15) is 13.2 Å². The first-order valence-electron chi connectivity index (χ1n) is 6.35. The average molecular weight is 316 g/mol. The Kier molecular flexibility index (Phi) is 6.13. The van der Waals surface area contributed by atoms with E-state index in [0.29, 0.717) is 19.8 Å². The summed E-state index contributed by atoms with van der Waals surface area (Å²) in [7, 11) is -1.02. The van der Waals surface area contributed by atoms with Gasteiger partial charge < -0.3 is 14.4 Å². The molecule has 0 aromatic heterocycles. The minimum atomic E-state index is -3.97. The van der Waals surface area contributed by atoms with Crippen molar-refractivity contribution in [3.05, 3.63) is 23.8 Å². The summed E-state index contributed by atoms with van der Waals surface area (Å²) in [6, 6.07) is 4.12. The summed E-state index contributed by atoms with van der Waals surface area (Å²) < 4.78 is 33.2. The molecule has 0 saturated carbocycles. The number of nitrogens with zero attached hydrogens (tertiary/aromatic N) is 1. The van der Waals surface area contributed by atoms with Crippen LogP contribution < -0.4 is 9.88 Å². The summed E-state index contributed by atoms with van der Waals surface area (Å²) in [5.74, 6) is -0.215. The lowest BCUT2D eigenvalue weighted by atomic mass is 10.2. The van der Waals surface area contributed by atoms with Crippen molar-refractivity contribution in [1.29, 1.82) is 0 Å². The Morgan fingerprint density at radius 3 is 2.57 bits per heavy atom. The lowest BCUT2D eigenvalue weighted by Gasteiger charge is -2.17. The SMILES string of the molecule is CCOCCN(C)C(=O)c1ccc(OC)c(S(N)(=O)=O)c1. The fourth-order valence-electron chi connectivity index (χ4n) is 1.70. The molecule has 0 atom stereocenters. The Labute approximate surface area is 124 Å². The number of likely N-dealkylation sites (N-methyl/N-ethyl adjacent to an activating group) is 1. The van der Waals surface area contributed by atoms with Gasteiger partial charge in [-0.05, 0) is 25.1 Å². The monoisotopic (exact) mass is 316 g/mol. The molecule has 0 bridgehead atoms. The highest BCUT2D eigenvalue weighted by molar-refractivity contribution is 7.89. The molecule has 0 saturated heterocycles. The zero-order chi connectivity index (χ0) is 16.0. The standard InChI is InChI=1S/C13H20N2O5S/c1-4-20-8-7-15(2)13(16)10-5-6-11(19-3)12(9-10)21(14,17)18/h5-6,9H,4,7-8H2,1-3H3,(H2,14,17,18). The molecule has 0 aliphatic heterocycles. The Hall–Kier alpha value is -1.64. The predicted octanol–water partition coefficient (Wildman–Crippen LogP) is 0.451. The van der Waals surface area contributed by atoms with Crippen molar-refractivity contribution < 1.29 is 22.7 Å². The van der Waals surface area contributed by atoms with Crippen molar-refractivity contribution in [3.63, 3.8) is 0 Å². The van der Waals surface area contributed by atoms with Crippen LogP contribution >= 0.6 is 0 Å². The predicted molar refractivity (Wildman–Crippen MR) is 77.8 cm³/mol. The molecular weight excluding hydrogens is 296 g/mol. The first kappa shape index (κ1) is 17.4. The van der Waals surface area contributed by atoms with Gasteiger partial charge in [0.2, 0.25) is 10.0 Å². The Morgan fingerprint density at radius 2 is 2.05 bits per heavy atom. The van der Waals surface area contributed by atoms with Crippen LogP contribution in [0.5, 0.6) is 5.75 Å². The maximum Gasteiger partial charge on any atom is 0.253 e. The van der Waals surface area contributed by atoms with E-state index in [1.807, 2.05) is 6.92 Å². The van der Waals surface area contributed by atoms with E-state index in [2.05, 4.69) is 0 Å². The van der Waals surface area contributed by atoms with Crippen molar-refractivity contribution in [1.82, 2.24) is 4.90 Å². The van der Waals surface area contributed by atoms with Gasteiger partial charge >= 0.3 is 0 Å². The zero-order valence-corrected chi connectivity index (χ0v) is 13.1. The molecule has 1 rings (SSSR count). The quantitative estimate of drug-likeness (QED) is 0.736. The molecule has 21 heavy (non-hydrogen) atoms. The van der Waals surface area contributed by atoms with Crippen LogP contribution in [0.25, 0.3) is 0 Å². The summed E-state index contributed by atoms with van der Waals surface area (Å²) >= 11 is 0. The van der Waals surface area contributed by atoms with E-state index in [1.54, 1.807) is 7.05 Å². The third-order valence-electron chi connectivity index (χ3n) is 2.84. The first-order valence-corrected chi connectivity index (χ1v) is 7.90. The van der Waals surface area contributed by atoms with Gasteiger partial charge in [-0.1, -0.05) is 0 Å². The lowest BCUT2D eigenvalue weighted by molar-refractivity contribution is 0.0709. The largest absolute Gasteiger partial charge is 0.495 e. The number of primary sulfonamides is 1. The number of amides is 1. The minimum Gasteiger partial charge on any atom is -0.495 e. The molecule has 0 aliphatic rings. The number of hydrogen-bond donors (Lipinski definition) is 1. The molecule has 0 unspecified atom stereocenters. The number of carbonyl (C=O) groups excluding carboxylic acids is 1. The normalized spacial score (nSPS) is 11.2. The van der Waals surface area contributed by atoms with Crippen LogP contribution in [0.2, 0.25) is 0 Å². The van der Waals surface area contributed by atoms with E-state index < -0.39 is 10.0 Å². The van der Waals surface area contributed by atoms with Gasteiger partial charge in [-0.3, -0.25) is 4.79 Å². The number of carbonyl (C=O) groups is 1. The van der Waals surface area contributed by atoms with Gasteiger partial charge in [0.05, 0.1) is 13.7 Å². The highest BCUT2D eigenvalue weighted by Crippen LogP contribution is 2.24. The maximum atomic E-state index is 12.2. The fraction of sp³-hybridized carbons (Fsp3) is 0.462. The summed E-state index contributed by atoms with van der Waals surface area (Å²) in [5, 5.41) is 5.12. The molecule has 2 N–H and O–H groups in total. The van der Waals surface area contributed by atoms with Crippen LogP contribution in [-0.2, 0) is 14.8 Å². The van der Waals surface area contributed by atoms with Gasteiger partial charge in [0.1, 0.15) is 10.6 Å². The van der Waals surface area contributed by atoms with Crippen molar-refractivity contribution >= 4 is 15.9 Å². The minimum absolute atomic E-state index is 0.103. The van der Waals surface area contributed by atoms with Gasteiger partial charge in [0, 0.05) is 25.8 Å². The van der Waals surface area contributed by atoms with Gasteiger partial charge in [-0.25, -0.2) is 13.6 Å². The third-order valence-corrected chi connectivity index (χ3v) is 3.77. The average Bonchev–Trinajstić information content (AvgIpc) is 2.45. The van der Waals surface area contributed by atoms with Crippen LogP contribution in [-0.4, -0.2) is 53.1 Å². The molecule has 118 valence electrons. The summed E-state index contributed by atoms with van der Waals surface area (Å²) in [6.07, 6.45) is 0. The summed E-state index contributed by atoms with van der Waals surface area (Å²) in [5.41, 5.74) is 0.221. The summed E-state index contributed by atoms with van der Waals surface area (Å²) in [6.45, 7) is 3.25. The number of ether oxygens (including phenoxy) is 2. The Balaban J connectivity index is 3.01. The van der Waals surface area contributed by atoms with Crippen molar-refractivity contribution in [2.45, 2.75) is 11.8 Å². The first-order chi connectivity index (χ1) is 9.81. The molecule has 0 fully saturated rings. The molecular formula is C13H20N2O5S. The van der Waals surface area contributed by atoms with E-state index in [-0.39, 0.29) is 22.1 Å². The van der Waals surface area contributed by atoms with Crippen LogP contribution in [0.15, 0.2) is 23.1 Å². The third kappa shape index (κ3) is 4.69. The van der Waals surface area contributed by atoms with Crippen molar-refractivity contribution in [2.75, 3.05) is 33.9 Å². The Bertz CT molecular complexity index is 601. The van der Waals surface area contributed by atoms with Crippen molar-refractivity contribution in [2.24, 2.45) is 5.14 Å². The molecule has 0 spiro atoms. The molecule has 1 aromatic carbocycles. The second kappa shape index (κ2) is 7.39. The van der Waals surface area contributed by atoms with Crippen LogP contribution in [0.1, 0.15) is 17.3 Å². The van der Waals surface area contributed by atoms with E-state index in [1.165, 1.54) is 30.2 Å².